The number of hydrogen-bond acceptors (Lipinski definition) is 1. The number of allylic oxidation sites excluding steroid dienone is 3. The summed E-state index contributed by atoms with van der Waals surface area (Å²) in [6.45, 7) is 4.49. The molecule has 0 bridgehead atoms. The minimum absolute atomic E-state index is 0.424. The molecule has 0 radical (unpaired) electrons. The molecule has 0 aromatic rings. The molecular weight excluding hydrogens is 194 g/mol. The molecule has 16 heavy (non-hydrogen) atoms. The molecule has 0 aromatic heterocycles. The molecule has 0 saturated heterocycles. The van der Waals surface area contributed by atoms with Crippen LogP contribution in [0.4, 0.5) is 0 Å². The molecule has 3 aliphatic rings. The van der Waals surface area contributed by atoms with Crippen molar-refractivity contribution in [2.75, 3.05) is 0 Å². The van der Waals surface area contributed by atoms with Crippen LogP contribution >= 0.6 is 0 Å². The Morgan fingerprint density at radius 3 is 3.00 bits per heavy atom. The van der Waals surface area contributed by atoms with E-state index in [1.807, 2.05) is 0 Å². The van der Waals surface area contributed by atoms with E-state index in [0.29, 0.717) is 12.0 Å². The molecule has 1 saturated carbocycles. The molecule has 1 nitrogen and oxygen atoms in total. The van der Waals surface area contributed by atoms with Gasteiger partial charge in [-0.15, -0.1) is 0 Å². The highest BCUT2D eigenvalue weighted by molar-refractivity contribution is 5.94. The van der Waals surface area contributed by atoms with Crippen molar-refractivity contribution in [3.05, 3.63) is 35.5 Å². The maximum atomic E-state index is 4.84. The second kappa shape index (κ2) is 3.73. The minimum atomic E-state index is 0.424. The third kappa shape index (κ3) is 1.59. The van der Waals surface area contributed by atoms with Crippen molar-refractivity contribution < 1.29 is 0 Å². The largest absolute Gasteiger partial charge is 0.281 e. The van der Waals surface area contributed by atoms with Gasteiger partial charge >= 0.3 is 0 Å². The second-order valence-corrected chi connectivity index (χ2v) is 5.44. The van der Waals surface area contributed by atoms with E-state index < -0.39 is 0 Å². The first-order valence-electron chi connectivity index (χ1n) is 6.37. The van der Waals surface area contributed by atoms with Crippen molar-refractivity contribution in [1.29, 1.82) is 0 Å². The molecule has 0 N–H and O–H groups in total. The van der Waals surface area contributed by atoms with Crippen LogP contribution in [0.15, 0.2) is 40.4 Å². The van der Waals surface area contributed by atoms with Crippen molar-refractivity contribution in [2.24, 2.45) is 16.8 Å². The fourth-order valence-corrected chi connectivity index (χ4v) is 3.17. The van der Waals surface area contributed by atoms with E-state index in [4.69, 9.17) is 4.99 Å². The van der Waals surface area contributed by atoms with Gasteiger partial charge in [-0.3, -0.25) is 4.99 Å². The van der Waals surface area contributed by atoms with Gasteiger partial charge in [0, 0.05) is 11.6 Å². The highest BCUT2D eigenvalue weighted by Gasteiger charge is 2.34. The Kier molecular flexibility index (Phi) is 2.34. The van der Waals surface area contributed by atoms with E-state index in [1.54, 1.807) is 5.57 Å². The summed E-state index contributed by atoms with van der Waals surface area (Å²) in [6.07, 6.45) is 13.0. The van der Waals surface area contributed by atoms with Gasteiger partial charge in [0.1, 0.15) is 0 Å². The number of hydrogen-bond donors (Lipinski definition) is 0. The quantitative estimate of drug-likeness (QED) is 0.582. The van der Waals surface area contributed by atoms with Crippen LogP contribution in [-0.4, -0.2) is 11.8 Å². The number of nitrogens with zero attached hydrogens (tertiary/aromatic N) is 1. The summed E-state index contributed by atoms with van der Waals surface area (Å²) in [6, 6.07) is 0.424. The molecule has 1 heterocycles. The molecule has 2 aliphatic carbocycles. The zero-order valence-corrected chi connectivity index (χ0v) is 10.1. The van der Waals surface area contributed by atoms with Crippen molar-refractivity contribution in [3.63, 3.8) is 0 Å². The Hall–Kier alpha value is -1.11. The molecule has 0 spiro atoms. The number of aliphatic imine (C=N–C) groups is 1. The third-order valence-corrected chi connectivity index (χ3v) is 4.13. The van der Waals surface area contributed by atoms with Crippen molar-refractivity contribution in [3.8, 4) is 0 Å². The lowest BCUT2D eigenvalue weighted by Crippen LogP contribution is -2.31. The first kappa shape index (κ1) is 10.1. The van der Waals surface area contributed by atoms with Crippen LogP contribution in [0.3, 0.4) is 0 Å². The maximum absolute atomic E-state index is 4.84. The van der Waals surface area contributed by atoms with Gasteiger partial charge in [-0.1, -0.05) is 30.7 Å². The van der Waals surface area contributed by atoms with Crippen LogP contribution in [0.25, 0.3) is 0 Å². The average Bonchev–Trinajstić information content (AvgIpc) is 2.29. The zero-order valence-electron chi connectivity index (χ0n) is 10.1. The summed E-state index contributed by atoms with van der Waals surface area (Å²) in [5.74, 6) is 1.55. The molecule has 1 heteroatoms. The van der Waals surface area contributed by atoms with E-state index >= 15 is 0 Å². The SMILES string of the molecule is CC1=N[C@H]2C(=CC=C3CCC(C)C[C@H]32)C=C1. The Morgan fingerprint density at radius 1 is 1.25 bits per heavy atom. The van der Waals surface area contributed by atoms with E-state index in [2.05, 4.69) is 38.2 Å². The zero-order chi connectivity index (χ0) is 11.1. The van der Waals surface area contributed by atoms with Crippen molar-refractivity contribution in [2.45, 2.75) is 39.2 Å². The lowest BCUT2D eigenvalue weighted by atomic mass is 9.70. The highest BCUT2D eigenvalue weighted by Crippen LogP contribution is 2.41. The molecule has 1 fully saturated rings. The lowest BCUT2D eigenvalue weighted by Gasteiger charge is -2.37. The standard InChI is InChI=1S/C15H19N/c1-10-3-5-12-7-8-13-6-4-11(2)16-15(13)14(12)9-10/h4,6-8,10,14-15H,3,5,9H2,1-2H3/t10?,14-,15+/m1/s1. The molecule has 3 atom stereocenters. The molecule has 84 valence electrons. The summed E-state index contributed by atoms with van der Waals surface area (Å²) in [5, 5.41) is 0. The third-order valence-electron chi connectivity index (χ3n) is 4.13. The van der Waals surface area contributed by atoms with Gasteiger partial charge in [-0.25, -0.2) is 0 Å². The van der Waals surface area contributed by atoms with E-state index in [-0.39, 0.29) is 0 Å². The van der Waals surface area contributed by atoms with Crippen LogP contribution in [0.5, 0.6) is 0 Å². The first-order valence-corrected chi connectivity index (χ1v) is 6.37. The Labute approximate surface area is 97.7 Å². The summed E-state index contributed by atoms with van der Waals surface area (Å²) in [7, 11) is 0. The van der Waals surface area contributed by atoms with Gasteiger partial charge in [0.15, 0.2) is 0 Å². The topological polar surface area (TPSA) is 12.4 Å². The molecule has 0 aromatic carbocycles. The monoisotopic (exact) mass is 213 g/mol. The van der Waals surface area contributed by atoms with Crippen LogP contribution in [0.1, 0.15) is 33.1 Å². The van der Waals surface area contributed by atoms with Crippen LogP contribution in [0, 0.1) is 11.8 Å². The highest BCUT2D eigenvalue weighted by atomic mass is 14.8. The van der Waals surface area contributed by atoms with E-state index in [1.165, 1.54) is 30.5 Å². The summed E-state index contributed by atoms with van der Waals surface area (Å²) in [5.41, 5.74) is 4.23. The molecule has 0 amide bonds. The smallest absolute Gasteiger partial charge is 0.0817 e. The lowest BCUT2D eigenvalue weighted by molar-refractivity contribution is 0.328. The molecule has 1 aliphatic heterocycles. The minimum Gasteiger partial charge on any atom is -0.281 e. The van der Waals surface area contributed by atoms with Crippen molar-refractivity contribution >= 4 is 5.71 Å². The van der Waals surface area contributed by atoms with E-state index in [9.17, 15) is 0 Å². The first-order chi connectivity index (χ1) is 7.74. The summed E-state index contributed by atoms with van der Waals surface area (Å²) < 4.78 is 0. The normalized spacial score (nSPS) is 36.9. The predicted octanol–water partition coefficient (Wildman–Crippen LogP) is 3.69. The fraction of sp³-hybridized carbons (Fsp3) is 0.533. The Bertz CT molecular complexity index is 423. The average molecular weight is 213 g/mol. The second-order valence-electron chi connectivity index (χ2n) is 5.44. The Balaban J connectivity index is 1.96. The van der Waals surface area contributed by atoms with Gasteiger partial charge in [0.05, 0.1) is 6.04 Å². The number of dihydropyridines is 1. The predicted molar refractivity (Wildman–Crippen MR) is 68.7 cm³/mol. The summed E-state index contributed by atoms with van der Waals surface area (Å²) >= 11 is 0. The fourth-order valence-electron chi connectivity index (χ4n) is 3.17. The van der Waals surface area contributed by atoms with Gasteiger partial charge in [-0.2, -0.15) is 0 Å². The number of fused-ring (bicyclic) bond motifs is 3. The van der Waals surface area contributed by atoms with Crippen LogP contribution in [-0.2, 0) is 0 Å². The summed E-state index contributed by atoms with van der Waals surface area (Å²) in [4.78, 5) is 4.84. The van der Waals surface area contributed by atoms with Gasteiger partial charge in [-0.05, 0) is 43.8 Å². The van der Waals surface area contributed by atoms with E-state index in [0.717, 1.165) is 5.92 Å². The maximum Gasteiger partial charge on any atom is 0.0817 e. The van der Waals surface area contributed by atoms with Crippen molar-refractivity contribution in [1.82, 2.24) is 0 Å². The van der Waals surface area contributed by atoms with Gasteiger partial charge in [0.25, 0.3) is 0 Å². The van der Waals surface area contributed by atoms with Crippen LogP contribution in [0.2, 0.25) is 0 Å². The Morgan fingerprint density at radius 2 is 2.12 bits per heavy atom. The van der Waals surface area contributed by atoms with Gasteiger partial charge in [0.2, 0.25) is 0 Å². The molecule has 1 unspecified atom stereocenters. The molecular formula is C15H19N. The number of rotatable bonds is 0. The molecule has 3 rings (SSSR count). The van der Waals surface area contributed by atoms with Gasteiger partial charge < -0.3 is 0 Å². The van der Waals surface area contributed by atoms with Crippen LogP contribution < -0.4 is 0 Å².